The van der Waals surface area contributed by atoms with Gasteiger partial charge >= 0.3 is 0 Å². The van der Waals surface area contributed by atoms with Gasteiger partial charge in [-0.2, -0.15) is 4.98 Å². The molecule has 1 aromatic heterocycles. The molecule has 0 unspecified atom stereocenters. The van der Waals surface area contributed by atoms with E-state index in [2.05, 4.69) is 20.2 Å². The largest absolute Gasteiger partial charge is 0.341 e. The molecule has 5 heteroatoms. The van der Waals surface area contributed by atoms with Crippen molar-refractivity contribution < 1.29 is 0 Å². The second-order valence-electron chi connectivity index (χ2n) is 4.91. The van der Waals surface area contributed by atoms with E-state index in [0.29, 0.717) is 5.15 Å². The first-order valence-electron chi connectivity index (χ1n) is 6.93. The lowest BCUT2D eigenvalue weighted by Gasteiger charge is -2.26. The van der Waals surface area contributed by atoms with Gasteiger partial charge in [0.15, 0.2) is 0 Å². The van der Waals surface area contributed by atoms with Crippen LogP contribution in [0.25, 0.3) is 0 Å². The van der Waals surface area contributed by atoms with E-state index in [1.165, 1.54) is 19.3 Å². The number of nitrogens with one attached hydrogen (secondary N) is 1. The summed E-state index contributed by atoms with van der Waals surface area (Å²) in [7, 11) is 0. The third-order valence-electron chi connectivity index (χ3n) is 3.37. The van der Waals surface area contributed by atoms with Crippen LogP contribution in [-0.4, -0.2) is 23.1 Å². The van der Waals surface area contributed by atoms with Gasteiger partial charge in [0.1, 0.15) is 11.0 Å². The Bertz CT molecular complexity index is 567. The van der Waals surface area contributed by atoms with Gasteiger partial charge in [0.2, 0.25) is 5.95 Å². The molecule has 104 valence electrons. The van der Waals surface area contributed by atoms with Crippen LogP contribution in [0.2, 0.25) is 5.15 Å². The summed E-state index contributed by atoms with van der Waals surface area (Å²) in [5.74, 6) is 1.45. The maximum atomic E-state index is 6.12. The average Bonchev–Trinajstić information content (AvgIpc) is 2.49. The predicted molar refractivity (Wildman–Crippen MR) is 82.8 cm³/mol. The van der Waals surface area contributed by atoms with Gasteiger partial charge < -0.3 is 10.2 Å². The number of benzene rings is 1. The van der Waals surface area contributed by atoms with Crippen molar-refractivity contribution in [2.45, 2.75) is 19.3 Å². The van der Waals surface area contributed by atoms with Crippen molar-refractivity contribution in [3.8, 4) is 0 Å². The molecule has 1 fully saturated rings. The lowest BCUT2D eigenvalue weighted by atomic mass is 10.1. The normalized spacial score (nSPS) is 15.2. The summed E-state index contributed by atoms with van der Waals surface area (Å²) in [5.41, 5.74) is 0.992. The third kappa shape index (κ3) is 3.20. The molecule has 2 heterocycles. The number of hydrogen-bond donors (Lipinski definition) is 1. The standard InChI is InChI=1S/C15H17ClN4/c16-13-11-14(17-12-7-3-1-4-8-12)19-15(18-13)20-9-5-2-6-10-20/h1,3-4,7-8,11H,2,5-6,9-10H2,(H,17,18,19). The van der Waals surface area contributed by atoms with Crippen LogP contribution >= 0.6 is 11.6 Å². The summed E-state index contributed by atoms with van der Waals surface area (Å²) in [5, 5.41) is 3.73. The summed E-state index contributed by atoms with van der Waals surface area (Å²) in [4.78, 5) is 11.1. The number of rotatable bonds is 3. The number of anilines is 3. The van der Waals surface area contributed by atoms with Crippen LogP contribution in [0, 0.1) is 0 Å². The van der Waals surface area contributed by atoms with Gasteiger partial charge in [-0.25, -0.2) is 4.98 Å². The Morgan fingerprint density at radius 3 is 2.50 bits per heavy atom. The van der Waals surface area contributed by atoms with Crippen LogP contribution < -0.4 is 10.2 Å². The van der Waals surface area contributed by atoms with Gasteiger partial charge in [0, 0.05) is 24.8 Å². The molecule has 2 aromatic rings. The minimum atomic E-state index is 0.471. The van der Waals surface area contributed by atoms with E-state index < -0.39 is 0 Å². The highest BCUT2D eigenvalue weighted by atomic mass is 35.5. The van der Waals surface area contributed by atoms with E-state index in [9.17, 15) is 0 Å². The van der Waals surface area contributed by atoms with Crippen molar-refractivity contribution in [2.75, 3.05) is 23.3 Å². The van der Waals surface area contributed by atoms with Crippen molar-refractivity contribution in [3.05, 3.63) is 41.6 Å². The van der Waals surface area contributed by atoms with Crippen molar-refractivity contribution in [1.82, 2.24) is 9.97 Å². The van der Waals surface area contributed by atoms with Crippen molar-refractivity contribution in [3.63, 3.8) is 0 Å². The molecule has 1 aliphatic heterocycles. The smallest absolute Gasteiger partial charge is 0.228 e. The first kappa shape index (κ1) is 13.2. The summed E-state index contributed by atoms with van der Waals surface area (Å²) in [6.07, 6.45) is 3.67. The van der Waals surface area contributed by atoms with Crippen LogP contribution in [-0.2, 0) is 0 Å². The second-order valence-corrected chi connectivity index (χ2v) is 5.30. The van der Waals surface area contributed by atoms with Gasteiger partial charge in [-0.1, -0.05) is 29.8 Å². The molecule has 20 heavy (non-hydrogen) atoms. The Kier molecular flexibility index (Phi) is 4.02. The van der Waals surface area contributed by atoms with Crippen molar-refractivity contribution >= 4 is 29.1 Å². The Morgan fingerprint density at radius 2 is 1.75 bits per heavy atom. The Morgan fingerprint density at radius 1 is 1.00 bits per heavy atom. The molecule has 1 N–H and O–H groups in total. The molecule has 0 aliphatic carbocycles. The quantitative estimate of drug-likeness (QED) is 0.871. The first-order chi connectivity index (χ1) is 9.81. The molecule has 0 spiro atoms. The predicted octanol–water partition coefficient (Wildman–Crippen LogP) is 3.86. The van der Waals surface area contributed by atoms with E-state index in [1.807, 2.05) is 30.3 Å². The number of nitrogens with zero attached hydrogens (tertiary/aromatic N) is 3. The fraction of sp³-hybridized carbons (Fsp3) is 0.333. The topological polar surface area (TPSA) is 41.1 Å². The third-order valence-corrected chi connectivity index (χ3v) is 3.56. The van der Waals surface area contributed by atoms with Crippen molar-refractivity contribution in [2.24, 2.45) is 0 Å². The minimum Gasteiger partial charge on any atom is -0.341 e. The van der Waals surface area contributed by atoms with E-state index in [1.54, 1.807) is 6.07 Å². The van der Waals surface area contributed by atoms with Gasteiger partial charge in [-0.05, 0) is 31.4 Å². The number of piperidine rings is 1. The maximum Gasteiger partial charge on any atom is 0.228 e. The lowest BCUT2D eigenvalue weighted by Crippen LogP contribution is -2.31. The zero-order valence-electron chi connectivity index (χ0n) is 11.2. The summed E-state index contributed by atoms with van der Waals surface area (Å²) < 4.78 is 0. The van der Waals surface area contributed by atoms with Gasteiger partial charge in [-0.3, -0.25) is 0 Å². The molecule has 1 aromatic carbocycles. The SMILES string of the molecule is Clc1cc(Nc2ccccc2)nc(N2CCCCC2)n1. The highest BCUT2D eigenvalue weighted by Gasteiger charge is 2.15. The summed E-state index contributed by atoms with van der Waals surface area (Å²) >= 11 is 6.12. The molecule has 0 saturated carbocycles. The Hall–Kier alpha value is -1.81. The molecule has 3 rings (SSSR count). The highest BCUT2D eigenvalue weighted by Crippen LogP contribution is 2.22. The monoisotopic (exact) mass is 288 g/mol. The molecule has 0 radical (unpaired) electrons. The number of hydrogen-bond acceptors (Lipinski definition) is 4. The summed E-state index contributed by atoms with van der Waals surface area (Å²) in [6.45, 7) is 2.01. The van der Waals surface area contributed by atoms with Gasteiger partial charge in [-0.15, -0.1) is 0 Å². The molecule has 0 atom stereocenters. The van der Waals surface area contributed by atoms with E-state index in [-0.39, 0.29) is 0 Å². The molecule has 0 amide bonds. The fourth-order valence-corrected chi connectivity index (χ4v) is 2.55. The molecule has 0 bridgehead atoms. The number of aromatic nitrogens is 2. The Labute approximate surface area is 123 Å². The van der Waals surface area contributed by atoms with Gasteiger partial charge in [0.25, 0.3) is 0 Å². The molecule has 4 nitrogen and oxygen atoms in total. The second kappa shape index (κ2) is 6.09. The Balaban J connectivity index is 1.82. The van der Waals surface area contributed by atoms with E-state index >= 15 is 0 Å². The number of para-hydroxylation sites is 1. The highest BCUT2D eigenvalue weighted by molar-refractivity contribution is 6.29. The number of halogens is 1. The van der Waals surface area contributed by atoms with Crippen LogP contribution in [0.4, 0.5) is 17.5 Å². The first-order valence-corrected chi connectivity index (χ1v) is 7.31. The lowest BCUT2D eigenvalue weighted by molar-refractivity contribution is 0.568. The van der Waals surface area contributed by atoms with Crippen LogP contribution in [0.5, 0.6) is 0 Å². The maximum absolute atomic E-state index is 6.12. The molecule has 1 aliphatic rings. The summed E-state index contributed by atoms with van der Waals surface area (Å²) in [6, 6.07) is 11.7. The zero-order valence-corrected chi connectivity index (χ0v) is 12.0. The zero-order chi connectivity index (χ0) is 13.8. The fourth-order valence-electron chi connectivity index (χ4n) is 2.37. The molecular weight excluding hydrogens is 272 g/mol. The van der Waals surface area contributed by atoms with E-state index in [4.69, 9.17) is 11.6 Å². The van der Waals surface area contributed by atoms with Gasteiger partial charge in [0.05, 0.1) is 0 Å². The average molecular weight is 289 g/mol. The van der Waals surface area contributed by atoms with Crippen molar-refractivity contribution in [1.29, 1.82) is 0 Å². The van der Waals surface area contributed by atoms with Crippen LogP contribution in [0.15, 0.2) is 36.4 Å². The van der Waals surface area contributed by atoms with Crippen LogP contribution in [0.3, 0.4) is 0 Å². The minimum absolute atomic E-state index is 0.471. The molecular formula is C15H17ClN4. The van der Waals surface area contributed by atoms with E-state index in [0.717, 1.165) is 30.5 Å². The van der Waals surface area contributed by atoms with Crippen LogP contribution in [0.1, 0.15) is 19.3 Å². The molecule has 1 saturated heterocycles.